The van der Waals surface area contributed by atoms with Crippen LogP contribution in [0.1, 0.15) is 29.7 Å². The van der Waals surface area contributed by atoms with Crippen molar-refractivity contribution in [3.05, 3.63) is 65.7 Å². The van der Waals surface area contributed by atoms with Crippen LogP contribution in [-0.4, -0.2) is 55.8 Å². The Morgan fingerprint density at radius 2 is 1.91 bits per heavy atom. The van der Waals surface area contributed by atoms with Gasteiger partial charge in [0, 0.05) is 24.5 Å². The van der Waals surface area contributed by atoms with Gasteiger partial charge in [0.15, 0.2) is 0 Å². The van der Waals surface area contributed by atoms with Crippen LogP contribution < -0.4 is 0 Å². The molecule has 9 nitrogen and oxygen atoms in total. The summed E-state index contributed by atoms with van der Waals surface area (Å²) in [6, 6.07) is 8.93. The predicted molar refractivity (Wildman–Crippen MR) is 108 cm³/mol. The minimum Gasteiger partial charge on any atom is -0.392 e. The molecule has 1 aromatic carbocycles. The maximum Gasteiger partial charge on any atom is 0.286 e. The summed E-state index contributed by atoms with van der Waals surface area (Å²) in [6.45, 7) is 1.07. The first-order valence-corrected chi connectivity index (χ1v) is 11.3. The first-order chi connectivity index (χ1) is 15.2. The Morgan fingerprint density at radius 3 is 2.53 bits per heavy atom. The predicted octanol–water partition coefficient (Wildman–Crippen LogP) is 1.59. The Labute approximate surface area is 182 Å². The van der Waals surface area contributed by atoms with Crippen LogP contribution in [0, 0.1) is 0 Å². The quantitative estimate of drug-likeness (QED) is 0.568. The summed E-state index contributed by atoms with van der Waals surface area (Å²) in [5, 5.41) is 18.0. The Morgan fingerprint density at radius 1 is 1.19 bits per heavy atom. The van der Waals surface area contributed by atoms with Crippen LogP contribution in [0.4, 0.5) is 8.78 Å². The molecule has 2 atom stereocenters. The van der Waals surface area contributed by atoms with E-state index in [0.29, 0.717) is 16.8 Å². The number of aliphatic hydroxyl groups excluding tert-OH is 1. The molecule has 32 heavy (non-hydrogen) atoms. The number of hydrogen-bond donors (Lipinski definition) is 1. The Kier molecular flexibility index (Phi) is 5.82. The van der Waals surface area contributed by atoms with Gasteiger partial charge in [-0.05, 0) is 12.5 Å². The van der Waals surface area contributed by atoms with Gasteiger partial charge in [-0.25, -0.2) is 8.78 Å². The Bertz CT molecular complexity index is 1200. The highest BCUT2D eigenvalue weighted by Gasteiger charge is 2.35. The van der Waals surface area contributed by atoms with Gasteiger partial charge >= 0.3 is 0 Å². The van der Waals surface area contributed by atoms with Gasteiger partial charge in [-0.1, -0.05) is 30.3 Å². The lowest BCUT2D eigenvalue weighted by atomic mass is 9.93. The molecule has 0 saturated carbocycles. The molecule has 3 aromatic rings. The van der Waals surface area contributed by atoms with E-state index in [1.54, 1.807) is 31.2 Å². The molecule has 3 heterocycles. The average molecular weight is 465 g/mol. The normalized spacial score (nSPS) is 15.7. The average Bonchev–Trinajstić information content (AvgIpc) is 3.43. The number of benzene rings is 1. The first-order valence-electron chi connectivity index (χ1n) is 9.82. The van der Waals surface area contributed by atoms with Crippen molar-refractivity contribution in [2.24, 2.45) is 0 Å². The minimum absolute atomic E-state index is 0.0946. The number of rotatable bonds is 7. The number of aromatic nitrogens is 4. The van der Waals surface area contributed by atoms with Crippen molar-refractivity contribution < 1.29 is 27.1 Å². The molecule has 1 N–H and O–H groups in total. The molecule has 1 aliphatic heterocycles. The lowest BCUT2D eigenvalue weighted by Crippen LogP contribution is -2.36. The fourth-order valence-electron chi connectivity index (χ4n) is 3.72. The van der Waals surface area contributed by atoms with Crippen molar-refractivity contribution in [2.75, 3.05) is 0 Å². The molecule has 0 unspecified atom stereocenters. The van der Waals surface area contributed by atoms with E-state index in [1.807, 2.05) is 6.07 Å². The van der Waals surface area contributed by atoms with Crippen molar-refractivity contribution in [1.29, 1.82) is 0 Å². The lowest BCUT2D eigenvalue weighted by molar-refractivity contribution is -0.135. The van der Waals surface area contributed by atoms with Gasteiger partial charge in [0.1, 0.15) is 11.4 Å². The topological polar surface area (TPSA) is 110 Å². The van der Waals surface area contributed by atoms with E-state index in [2.05, 4.69) is 10.2 Å². The summed E-state index contributed by atoms with van der Waals surface area (Å²) >= 11 is 0. The minimum atomic E-state index is -4.11. The zero-order valence-electron chi connectivity index (χ0n) is 17.0. The third kappa shape index (κ3) is 4.15. The molecule has 0 bridgehead atoms. The third-order valence-corrected chi connectivity index (χ3v) is 6.74. The van der Waals surface area contributed by atoms with Crippen LogP contribution in [0.15, 0.2) is 53.8 Å². The van der Waals surface area contributed by atoms with E-state index < -0.39 is 35.0 Å². The highest BCUT2D eigenvalue weighted by molar-refractivity contribution is 7.89. The molecule has 1 aliphatic rings. The van der Waals surface area contributed by atoms with Gasteiger partial charge in [-0.15, -0.1) is 0 Å². The Balaban J connectivity index is 1.52. The standard InChI is InChI=1S/C20H21F2N5O4S/c1-13(28)19(14-5-3-2-4-6-14)20(29)25-8-15-9-27(24-17(15)11-25)32(30,31)16-7-23-26(10-16)12-18(21)22/h2-7,9-10,13,18-19,28H,8,11-12H2,1H3/t13-,19+/m0/s1. The summed E-state index contributed by atoms with van der Waals surface area (Å²) in [5.74, 6) is -1.04. The largest absolute Gasteiger partial charge is 0.392 e. The van der Waals surface area contributed by atoms with Crippen LogP contribution in [0.25, 0.3) is 0 Å². The van der Waals surface area contributed by atoms with E-state index in [0.717, 1.165) is 21.2 Å². The number of alkyl halides is 2. The summed E-state index contributed by atoms with van der Waals surface area (Å²) in [7, 11) is -4.11. The van der Waals surface area contributed by atoms with Gasteiger partial charge in [-0.2, -0.15) is 22.7 Å². The molecular formula is C20H21F2N5O4S. The van der Waals surface area contributed by atoms with Crippen molar-refractivity contribution in [3.63, 3.8) is 0 Å². The number of nitrogens with zero attached hydrogens (tertiary/aromatic N) is 5. The number of fused-ring (bicyclic) bond motifs is 1. The molecule has 4 rings (SSSR count). The van der Waals surface area contributed by atoms with Crippen LogP contribution in [0.5, 0.6) is 0 Å². The van der Waals surface area contributed by atoms with Gasteiger partial charge in [0.2, 0.25) is 5.91 Å². The molecule has 170 valence electrons. The fourth-order valence-corrected chi connectivity index (χ4v) is 4.84. The monoisotopic (exact) mass is 465 g/mol. The second-order valence-corrected chi connectivity index (χ2v) is 9.39. The van der Waals surface area contributed by atoms with Crippen LogP contribution in [0.3, 0.4) is 0 Å². The summed E-state index contributed by atoms with van der Waals surface area (Å²) in [5.41, 5.74) is 1.66. The molecular weight excluding hydrogens is 444 g/mol. The highest BCUT2D eigenvalue weighted by Crippen LogP contribution is 2.29. The number of amides is 1. The fraction of sp³-hybridized carbons (Fsp3) is 0.350. The van der Waals surface area contributed by atoms with E-state index in [4.69, 9.17) is 0 Å². The molecule has 0 saturated heterocycles. The molecule has 0 spiro atoms. The molecule has 1 amide bonds. The first kappa shape index (κ1) is 22.1. The van der Waals surface area contributed by atoms with E-state index in [-0.39, 0.29) is 23.9 Å². The van der Waals surface area contributed by atoms with Gasteiger partial charge in [0.25, 0.3) is 16.4 Å². The van der Waals surface area contributed by atoms with Gasteiger partial charge < -0.3 is 10.0 Å². The van der Waals surface area contributed by atoms with Crippen LogP contribution >= 0.6 is 0 Å². The van der Waals surface area contributed by atoms with Crippen molar-refractivity contribution in [1.82, 2.24) is 23.9 Å². The van der Waals surface area contributed by atoms with Crippen LogP contribution in [-0.2, 0) is 34.5 Å². The lowest BCUT2D eigenvalue weighted by Gasteiger charge is -2.25. The van der Waals surface area contributed by atoms with Crippen molar-refractivity contribution >= 4 is 15.9 Å². The number of carbonyl (C=O) groups excluding carboxylic acids is 1. The SMILES string of the molecule is C[C@H](O)[C@@H](C(=O)N1Cc2cn(S(=O)(=O)c3cnn(CC(F)F)c3)nc2C1)c1ccccc1. The molecule has 0 radical (unpaired) electrons. The number of carbonyl (C=O) groups is 1. The van der Waals surface area contributed by atoms with Gasteiger partial charge in [-0.3, -0.25) is 9.48 Å². The van der Waals surface area contributed by atoms with E-state index in [1.165, 1.54) is 11.1 Å². The molecule has 2 aromatic heterocycles. The maximum absolute atomic E-state index is 13.1. The molecule has 0 fully saturated rings. The Hall–Kier alpha value is -3.12. The van der Waals surface area contributed by atoms with E-state index in [9.17, 15) is 27.1 Å². The zero-order valence-corrected chi connectivity index (χ0v) is 17.9. The zero-order chi connectivity index (χ0) is 23.0. The number of aliphatic hydroxyl groups is 1. The highest BCUT2D eigenvalue weighted by atomic mass is 32.2. The second-order valence-electron chi connectivity index (χ2n) is 7.59. The summed E-state index contributed by atoms with van der Waals surface area (Å²) in [4.78, 5) is 14.3. The summed E-state index contributed by atoms with van der Waals surface area (Å²) in [6.07, 6.45) is -0.251. The second kappa shape index (κ2) is 8.43. The molecule has 12 heteroatoms. The number of halogens is 2. The summed E-state index contributed by atoms with van der Waals surface area (Å²) < 4.78 is 52.2. The third-order valence-electron chi connectivity index (χ3n) is 5.26. The van der Waals surface area contributed by atoms with Crippen molar-refractivity contribution in [2.45, 2.75) is 49.9 Å². The smallest absolute Gasteiger partial charge is 0.286 e. The molecule has 0 aliphatic carbocycles. The van der Waals surface area contributed by atoms with E-state index >= 15 is 0 Å². The number of hydrogen-bond acceptors (Lipinski definition) is 6. The van der Waals surface area contributed by atoms with Crippen molar-refractivity contribution in [3.8, 4) is 0 Å². The maximum atomic E-state index is 13.1. The van der Waals surface area contributed by atoms with Gasteiger partial charge in [0.05, 0.1) is 30.5 Å². The van der Waals surface area contributed by atoms with Crippen LogP contribution in [0.2, 0.25) is 0 Å².